The maximum Gasteiger partial charge on any atom is 0.325 e. The summed E-state index contributed by atoms with van der Waals surface area (Å²) in [7, 11) is 0. The van der Waals surface area contributed by atoms with Crippen LogP contribution in [0.15, 0.2) is 35.7 Å². The predicted octanol–water partition coefficient (Wildman–Crippen LogP) is 1.90. The van der Waals surface area contributed by atoms with Gasteiger partial charge in [0.1, 0.15) is 6.04 Å². The summed E-state index contributed by atoms with van der Waals surface area (Å²) in [6.45, 7) is 2.02. The van der Waals surface area contributed by atoms with Gasteiger partial charge in [0.05, 0.1) is 18.7 Å². The number of anilines is 1. The summed E-state index contributed by atoms with van der Waals surface area (Å²) >= 11 is 1.31. The smallest absolute Gasteiger partial charge is 0.325 e. The van der Waals surface area contributed by atoms with Gasteiger partial charge in [0.15, 0.2) is 5.13 Å². The Hall–Kier alpha value is -2.74. The topological polar surface area (TPSA) is 91.4 Å². The molecule has 24 heavy (non-hydrogen) atoms. The summed E-state index contributed by atoms with van der Waals surface area (Å²) in [6.07, 6.45) is -0.117. The largest absolute Gasteiger partial charge is 0.325 e. The van der Waals surface area contributed by atoms with Gasteiger partial charge in [-0.3, -0.25) is 14.5 Å². The average Bonchev–Trinajstić information content (AvgIpc) is 3.07. The third-order valence-corrected chi connectivity index (χ3v) is 4.42. The number of thiazole rings is 1. The minimum Gasteiger partial charge on any atom is -0.325 e. The molecule has 3 rings (SSSR count). The number of rotatable bonds is 5. The van der Waals surface area contributed by atoms with Crippen LogP contribution in [-0.2, 0) is 16.1 Å². The van der Waals surface area contributed by atoms with Crippen LogP contribution in [0.3, 0.4) is 0 Å². The second-order valence-corrected chi connectivity index (χ2v) is 6.32. The molecule has 1 aliphatic heterocycles. The number of carbonyl (C=O) groups excluding carboxylic acids is 3. The molecule has 0 radical (unpaired) electrons. The fourth-order valence-corrected chi connectivity index (χ4v) is 3.10. The molecule has 7 nitrogen and oxygen atoms in total. The van der Waals surface area contributed by atoms with E-state index in [0.717, 1.165) is 16.2 Å². The molecule has 1 aromatic heterocycles. The Morgan fingerprint density at radius 1 is 1.33 bits per heavy atom. The van der Waals surface area contributed by atoms with Crippen LogP contribution in [-0.4, -0.2) is 33.8 Å². The second kappa shape index (κ2) is 6.79. The van der Waals surface area contributed by atoms with Crippen LogP contribution < -0.4 is 10.6 Å². The van der Waals surface area contributed by atoms with E-state index in [2.05, 4.69) is 15.6 Å². The van der Waals surface area contributed by atoms with E-state index < -0.39 is 18.0 Å². The lowest BCUT2D eigenvalue weighted by Crippen LogP contribution is -2.34. The molecule has 8 heteroatoms. The number of aromatic nitrogens is 1. The first-order chi connectivity index (χ1) is 11.5. The summed E-state index contributed by atoms with van der Waals surface area (Å²) in [6, 6.07) is 7.90. The first-order valence-corrected chi connectivity index (χ1v) is 8.28. The van der Waals surface area contributed by atoms with E-state index in [1.807, 2.05) is 42.6 Å². The maximum absolute atomic E-state index is 12.4. The molecule has 124 valence electrons. The number of urea groups is 1. The van der Waals surface area contributed by atoms with Crippen molar-refractivity contribution < 1.29 is 14.4 Å². The number of hydrogen-bond donors (Lipinski definition) is 2. The molecule has 1 aliphatic rings. The molecule has 0 aliphatic carbocycles. The third-order valence-electron chi connectivity index (χ3n) is 3.55. The molecule has 1 atom stereocenters. The Morgan fingerprint density at radius 3 is 2.75 bits per heavy atom. The van der Waals surface area contributed by atoms with Crippen molar-refractivity contribution >= 4 is 34.3 Å². The molecule has 1 fully saturated rings. The van der Waals surface area contributed by atoms with E-state index in [1.165, 1.54) is 11.3 Å². The Morgan fingerprint density at radius 2 is 2.08 bits per heavy atom. The molecular formula is C16H16N4O3S. The number of nitrogens with zero attached hydrogens (tertiary/aromatic N) is 2. The van der Waals surface area contributed by atoms with Crippen molar-refractivity contribution in [2.24, 2.45) is 0 Å². The number of hydrogen-bond acceptors (Lipinski definition) is 5. The van der Waals surface area contributed by atoms with Gasteiger partial charge in [-0.25, -0.2) is 9.78 Å². The van der Waals surface area contributed by atoms with Gasteiger partial charge in [-0.1, -0.05) is 30.3 Å². The number of carbonyl (C=O) groups is 3. The molecule has 1 saturated heterocycles. The third kappa shape index (κ3) is 3.60. The predicted molar refractivity (Wildman–Crippen MR) is 89.4 cm³/mol. The number of benzene rings is 1. The van der Waals surface area contributed by atoms with Crippen molar-refractivity contribution in [3.05, 3.63) is 47.0 Å². The van der Waals surface area contributed by atoms with Gasteiger partial charge in [-0.05, 0) is 12.5 Å². The first kappa shape index (κ1) is 16.1. The molecule has 4 amide bonds. The zero-order chi connectivity index (χ0) is 17.1. The number of aryl methyl sites for hydroxylation is 1. The van der Waals surface area contributed by atoms with Crippen LogP contribution in [0.5, 0.6) is 0 Å². The zero-order valence-corrected chi connectivity index (χ0v) is 13.8. The molecule has 0 saturated carbocycles. The summed E-state index contributed by atoms with van der Waals surface area (Å²) in [5.41, 5.74) is 1.67. The Labute approximate surface area is 142 Å². The van der Waals surface area contributed by atoms with Gasteiger partial charge in [0.2, 0.25) is 5.91 Å². The molecule has 0 spiro atoms. The van der Waals surface area contributed by atoms with E-state index in [4.69, 9.17) is 0 Å². The minimum absolute atomic E-state index is 0.117. The van der Waals surface area contributed by atoms with E-state index >= 15 is 0 Å². The monoisotopic (exact) mass is 344 g/mol. The number of imide groups is 1. The molecule has 2 aromatic rings. The molecule has 0 unspecified atom stereocenters. The van der Waals surface area contributed by atoms with Crippen molar-refractivity contribution in [3.8, 4) is 0 Å². The lowest BCUT2D eigenvalue weighted by Gasteiger charge is -2.12. The number of amides is 4. The average molecular weight is 344 g/mol. The highest BCUT2D eigenvalue weighted by atomic mass is 32.1. The van der Waals surface area contributed by atoms with Crippen molar-refractivity contribution in [2.45, 2.75) is 25.9 Å². The summed E-state index contributed by atoms with van der Waals surface area (Å²) < 4.78 is 0. The van der Waals surface area contributed by atoms with Crippen LogP contribution in [0.2, 0.25) is 0 Å². The summed E-state index contributed by atoms with van der Waals surface area (Å²) in [5.74, 6) is -0.751. The first-order valence-electron chi connectivity index (χ1n) is 7.40. The van der Waals surface area contributed by atoms with Crippen molar-refractivity contribution in [3.63, 3.8) is 0 Å². The van der Waals surface area contributed by atoms with Gasteiger partial charge in [-0.15, -0.1) is 11.3 Å². The lowest BCUT2D eigenvalue weighted by molar-refractivity contribution is -0.130. The van der Waals surface area contributed by atoms with Crippen molar-refractivity contribution in [1.29, 1.82) is 0 Å². The highest BCUT2D eigenvalue weighted by Crippen LogP contribution is 2.17. The van der Waals surface area contributed by atoms with Crippen LogP contribution in [0.4, 0.5) is 9.93 Å². The number of nitrogens with one attached hydrogen (secondary N) is 2. The normalized spacial score (nSPS) is 17.0. The van der Waals surface area contributed by atoms with Gasteiger partial charge < -0.3 is 10.6 Å². The van der Waals surface area contributed by atoms with Gasteiger partial charge >= 0.3 is 6.03 Å². The fourth-order valence-electron chi connectivity index (χ4n) is 2.40. The SMILES string of the molecule is Cc1csc(NC(=O)C[C@H]2NC(=O)N(Cc3ccccc3)C2=O)n1. The highest BCUT2D eigenvalue weighted by molar-refractivity contribution is 7.13. The van der Waals surface area contributed by atoms with Crippen molar-refractivity contribution in [2.75, 3.05) is 5.32 Å². The second-order valence-electron chi connectivity index (χ2n) is 5.46. The maximum atomic E-state index is 12.4. The van der Waals surface area contributed by atoms with Gasteiger partial charge in [0.25, 0.3) is 5.91 Å². The molecule has 0 bridgehead atoms. The molecule has 2 heterocycles. The van der Waals surface area contributed by atoms with Crippen LogP contribution in [0.1, 0.15) is 17.7 Å². The molecule has 2 N–H and O–H groups in total. The van der Waals surface area contributed by atoms with E-state index in [1.54, 1.807) is 0 Å². The van der Waals surface area contributed by atoms with Gasteiger partial charge in [0, 0.05) is 5.38 Å². The Bertz CT molecular complexity index is 775. The van der Waals surface area contributed by atoms with Crippen LogP contribution >= 0.6 is 11.3 Å². The van der Waals surface area contributed by atoms with E-state index in [-0.39, 0.29) is 18.9 Å². The summed E-state index contributed by atoms with van der Waals surface area (Å²) in [4.78, 5) is 41.6. The quantitative estimate of drug-likeness (QED) is 0.811. The van der Waals surface area contributed by atoms with Crippen molar-refractivity contribution in [1.82, 2.24) is 15.2 Å². The molecular weight excluding hydrogens is 328 g/mol. The van der Waals surface area contributed by atoms with Crippen LogP contribution in [0.25, 0.3) is 0 Å². The van der Waals surface area contributed by atoms with Gasteiger partial charge in [-0.2, -0.15) is 0 Å². The van der Waals surface area contributed by atoms with E-state index in [0.29, 0.717) is 5.13 Å². The zero-order valence-electron chi connectivity index (χ0n) is 13.0. The van der Waals surface area contributed by atoms with E-state index in [9.17, 15) is 14.4 Å². The molecule has 1 aromatic carbocycles. The van der Waals surface area contributed by atoms with Crippen LogP contribution in [0, 0.1) is 6.92 Å². The highest BCUT2D eigenvalue weighted by Gasteiger charge is 2.39. The standard InChI is InChI=1S/C16H16N4O3S/c1-10-9-24-15(17-10)19-13(21)7-12-14(22)20(16(23)18-12)8-11-5-3-2-4-6-11/h2-6,9,12H,7-8H2,1H3,(H,18,23)(H,17,19,21)/t12-/m1/s1. The fraction of sp³-hybridized carbons (Fsp3) is 0.250. The lowest BCUT2D eigenvalue weighted by atomic mass is 10.2. The Balaban J connectivity index is 1.60. The minimum atomic E-state index is -0.845. The Kier molecular flexibility index (Phi) is 4.57. The summed E-state index contributed by atoms with van der Waals surface area (Å²) in [5, 5.41) is 7.49.